The molecule has 0 spiro atoms. The van der Waals surface area contributed by atoms with Gasteiger partial charge in [-0.1, -0.05) is 36.4 Å². The number of fused-ring (bicyclic) bond motifs is 1. The number of benzene rings is 3. The summed E-state index contributed by atoms with van der Waals surface area (Å²) in [6.07, 6.45) is 0.426. The minimum Gasteiger partial charge on any atom is -0.365 e. The van der Waals surface area contributed by atoms with E-state index >= 15 is 0 Å². The zero-order valence-corrected chi connectivity index (χ0v) is 19.0. The summed E-state index contributed by atoms with van der Waals surface area (Å²) < 4.78 is 28.7. The Hall–Kier alpha value is -3.67. The maximum absolute atomic E-state index is 13.5. The van der Waals surface area contributed by atoms with Crippen molar-refractivity contribution in [3.63, 3.8) is 0 Å². The van der Waals surface area contributed by atoms with Crippen molar-refractivity contribution in [1.29, 1.82) is 5.26 Å². The highest BCUT2D eigenvalue weighted by Gasteiger charge is 2.34. The summed E-state index contributed by atoms with van der Waals surface area (Å²) in [6.45, 7) is 0.0454. The average Bonchev–Trinajstić information content (AvgIpc) is 2.84. The van der Waals surface area contributed by atoms with Gasteiger partial charge in [0.15, 0.2) is 0 Å². The molecule has 4 rings (SSSR count). The van der Waals surface area contributed by atoms with Crippen molar-refractivity contribution in [3.8, 4) is 6.07 Å². The van der Waals surface area contributed by atoms with Crippen molar-refractivity contribution < 1.29 is 13.2 Å². The number of aryl methyl sites for hydroxylation is 1. The summed E-state index contributed by atoms with van der Waals surface area (Å²) in [5, 5.41) is 9.00. The number of hydrogen-bond donors (Lipinski definition) is 1. The molecule has 0 bridgehead atoms. The Kier molecular flexibility index (Phi) is 6.45. The van der Waals surface area contributed by atoms with Crippen molar-refractivity contribution in [2.24, 2.45) is 0 Å². The second-order valence-electron chi connectivity index (χ2n) is 7.90. The lowest BCUT2D eigenvalue weighted by Crippen LogP contribution is -2.55. The lowest BCUT2D eigenvalue weighted by molar-refractivity contribution is -0.118. The SMILES string of the molecule is CN(CC(=O)N1c2ccccc2CCC1NS(=O)(=O)c1ccccc1)c1ccc(C#N)cc1. The van der Waals surface area contributed by atoms with E-state index < -0.39 is 16.2 Å². The monoisotopic (exact) mass is 460 g/mol. The summed E-state index contributed by atoms with van der Waals surface area (Å²) >= 11 is 0. The van der Waals surface area contributed by atoms with Gasteiger partial charge < -0.3 is 4.90 Å². The topological polar surface area (TPSA) is 93.5 Å². The third kappa shape index (κ3) is 4.90. The minimum absolute atomic E-state index is 0.0454. The van der Waals surface area contributed by atoms with Gasteiger partial charge >= 0.3 is 0 Å². The number of nitrogens with zero attached hydrogens (tertiary/aromatic N) is 3. The Morgan fingerprint density at radius 2 is 1.73 bits per heavy atom. The average molecular weight is 461 g/mol. The van der Waals surface area contributed by atoms with E-state index in [-0.39, 0.29) is 17.3 Å². The van der Waals surface area contributed by atoms with Gasteiger partial charge in [-0.3, -0.25) is 9.69 Å². The Balaban J connectivity index is 1.61. The van der Waals surface area contributed by atoms with Crippen molar-refractivity contribution in [3.05, 3.63) is 90.0 Å². The number of carbonyl (C=O) groups excluding carboxylic acids is 1. The molecule has 3 aromatic rings. The highest BCUT2D eigenvalue weighted by Crippen LogP contribution is 2.31. The summed E-state index contributed by atoms with van der Waals surface area (Å²) in [5.74, 6) is -0.227. The van der Waals surface area contributed by atoms with Gasteiger partial charge in [-0.15, -0.1) is 0 Å². The summed E-state index contributed by atoms with van der Waals surface area (Å²) in [7, 11) is -2.02. The van der Waals surface area contributed by atoms with Crippen molar-refractivity contribution in [2.45, 2.75) is 23.9 Å². The predicted octanol–water partition coefficient (Wildman–Crippen LogP) is 3.28. The Morgan fingerprint density at radius 1 is 1.06 bits per heavy atom. The lowest BCUT2D eigenvalue weighted by atomic mass is 9.99. The smallest absolute Gasteiger partial charge is 0.247 e. The number of nitriles is 1. The molecule has 0 saturated heterocycles. The van der Waals surface area contributed by atoms with Gasteiger partial charge in [-0.2, -0.15) is 9.98 Å². The summed E-state index contributed by atoms with van der Waals surface area (Å²) in [4.78, 5) is 17.0. The Bertz CT molecular complexity index is 1290. The highest BCUT2D eigenvalue weighted by atomic mass is 32.2. The van der Waals surface area contributed by atoms with Crippen LogP contribution in [0.1, 0.15) is 17.5 Å². The summed E-state index contributed by atoms with van der Waals surface area (Å²) in [6, 6.07) is 24.8. The van der Waals surface area contributed by atoms with Crippen LogP contribution in [0.5, 0.6) is 0 Å². The molecule has 1 N–H and O–H groups in total. The normalized spacial score (nSPS) is 15.4. The minimum atomic E-state index is -3.81. The third-order valence-electron chi connectivity index (χ3n) is 5.67. The predicted molar refractivity (Wildman–Crippen MR) is 127 cm³/mol. The van der Waals surface area contributed by atoms with Crippen LogP contribution in [0, 0.1) is 11.3 Å². The number of rotatable bonds is 6. The van der Waals surface area contributed by atoms with E-state index in [0.717, 1.165) is 11.3 Å². The van der Waals surface area contributed by atoms with Gasteiger partial charge in [0.1, 0.15) is 6.17 Å². The molecular formula is C25H24N4O3S. The Labute approximate surface area is 193 Å². The van der Waals surface area contributed by atoms with Gasteiger partial charge in [0, 0.05) is 18.4 Å². The largest absolute Gasteiger partial charge is 0.365 e. The molecule has 0 fully saturated rings. The van der Waals surface area contributed by atoms with Crippen LogP contribution < -0.4 is 14.5 Å². The molecule has 33 heavy (non-hydrogen) atoms. The van der Waals surface area contributed by atoms with Gasteiger partial charge in [0.05, 0.1) is 23.1 Å². The third-order valence-corrected chi connectivity index (χ3v) is 7.15. The van der Waals surface area contributed by atoms with Crippen molar-refractivity contribution >= 4 is 27.3 Å². The first-order chi connectivity index (χ1) is 15.9. The molecule has 1 amide bonds. The van der Waals surface area contributed by atoms with Crippen molar-refractivity contribution in [2.75, 3.05) is 23.4 Å². The number of sulfonamides is 1. The van der Waals surface area contributed by atoms with Crippen LogP contribution in [0.15, 0.2) is 83.8 Å². The molecule has 8 heteroatoms. The molecule has 1 heterocycles. The number of para-hydroxylation sites is 1. The van der Waals surface area contributed by atoms with E-state index in [1.165, 1.54) is 12.1 Å². The zero-order chi connectivity index (χ0) is 23.4. The van der Waals surface area contributed by atoms with E-state index in [1.807, 2.05) is 24.3 Å². The van der Waals surface area contributed by atoms with Crippen molar-refractivity contribution in [1.82, 2.24) is 4.72 Å². The number of likely N-dealkylation sites (N-methyl/N-ethyl adjacent to an activating group) is 1. The van der Waals surface area contributed by atoms with Crippen LogP contribution in [0.4, 0.5) is 11.4 Å². The number of anilines is 2. The Morgan fingerprint density at radius 3 is 2.42 bits per heavy atom. The molecule has 1 aliphatic rings. The fourth-order valence-electron chi connectivity index (χ4n) is 3.97. The van der Waals surface area contributed by atoms with Gasteiger partial charge in [-0.05, 0) is 60.9 Å². The standard InChI is InChI=1S/C25H24N4O3S/c1-28(21-14-11-19(17-26)12-15-21)18-25(30)29-23-10-6-5-7-20(23)13-16-24(29)27-33(31,32)22-8-3-2-4-9-22/h2-12,14-15,24,27H,13,16,18H2,1H3. The fourth-order valence-corrected chi connectivity index (χ4v) is 5.21. The molecule has 0 radical (unpaired) electrons. The molecule has 1 unspecified atom stereocenters. The van der Waals surface area contributed by atoms with Crippen LogP contribution in [0.2, 0.25) is 0 Å². The maximum atomic E-state index is 13.5. The molecule has 3 aromatic carbocycles. The number of hydrogen-bond acceptors (Lipinski definition) is 5. The van der Waals surface area contributed by atoms with E-state index in [4.69, 9.17) is 5.26 Å². The van der Waals surface area contributed by atoms with Crippen LogP contribution in [-0.2, 0) is 21.2 Å². The summed E-state index contributed by atoms with van der Waals surface area (Å²) in [5.41, 5.74) is 3.04. The maximum Gasteiger partial charge on any atom is 0.247 e. The lowest BCUT2D eigenvalue weighted by Gasteiger charge is -2.38. The van der Waals surface area contributed by atoms with Gasteiger partial charge in [0.2, 0.25) is 15.9 Å². The quantitative estimate of drug-likeness (QED) is 0.609. The van der Waals surface area contributed by atoms with Gasteiger partial charge in [0.25, 0.3) is 0 Å². The molecule has 0 aromatic heterocycles. The molecule has 7 nitrogen and oxygen atoms in total. The number of amides is 1. The molecule has 168 valence electrons. The van der Waals surface area contributed by atoms with Gasteiger partial charge in [-0.25, -0.2) is 8.42 Å². The second kappa shape index (κ2) is 9.45. The molecule has 1 aliphatic heterocycles. The van der Waals surface area contributed by atoms with Crippen LogP contribution in [0.25, 0.3) is 0 Å². The van der Waals surface area contributed by atoms with Crippen LogP contribution in [0.3, 0.4) is 0 Å². The van der Waals surface area contributed by atoms with E-state index in [1.54, 1.807) is 59.3 Å². The first kappa shape index (κ1) is 22.5. The first-order valence-electron chi connectivity index (χ1n) is 10.6. The molecule has 0 aliphatic carbocycles. The van der Waals surface area contributed by atoms with E-state index in [0.29, 0.717) is 24.1 Å². The zero-order valence-electron chi connectivity index (χ0n) is 18.2. The number of nitrogens with one attached hydrogen (secondary N) is 1. The van der Waals surface area contributed by atoms with Crippen LogP contribution in [-0.4, -0.2) is 34.1 Å². The van der Waals surface area contributed by atoms with Crippen LogP contribution >= 0.6 is 0 Å². The number of carbonyl (C=O) groups is 1. The first-order valence-corrected chi connectivity index (χ1v) is 12.1. The molecular weight excluding hydrogens is 436 g/mol. The highest BCUT2D eigenvalue weighted by molar-refractivity contribution is 7.89. The second-order valence-corrected chi connectivity index (χ2v) is 9.61. The van der Waals surface area contributed by atoms with E-state index in [9.17, 15) is 13.2 Å². The molecule has 1 atom stereocenters. The molecule has 0 saturated carbocycles. The fraction of sp³-hybridized carbons (Fsp3) is 0.200. The van der Waals surface area contributed by atoms with E-state index in [2.05, 4.69) is 10.8 Å².